The number of Topliss-reactive ketones (excluding diaryl/α,β-unsaturated/α-hetero) is 1. The molecule has 1 nitrogen and oxygen atoms in total. The van der Waals surface area contributed by atoms with Crippen molar-refractivity contribution in [2.24, 2.45) is 0 Å². The summed E-state index contributed by atoms with van der Waals surface area (Å²) in [6.45, 7) is 0. The van der Waals surface area contributed by atoms with Gasteiger partial charge in [-0.3, -0.25) is 4.79 Å². The first-order valence-corrected chi connectivity index (χ1v) is 10.3. The summed E-state index contributed by atoms with van der Waals surface area (Å²) in [6, 6.07) is 30.9. The Morgan fingerprint density at radius 2 is 0.750 bits per heavy atom. The summed E-state index contributed by atoms with van der Waals surface area (Å²) in [7, 11) is 0. The molecule has 3 heteroatoms. The van der Waals surface area contributed by atoms with Gasteiger partial charge in [-0.1, -0.05) is 97.1 Å². The molecule has 0 radical (unpaired) electrons. The normalized spacial score (nSPS) is 13.8. The van der Waals surface area contributed by atoms with Crippen molar-refractivity contribution in [1.29, 1.82) is 0 Å². The largest absolute Gasteiger partial charge is 0.289 e. The van der Waals surface area contributed by atoms with E-state index in [0.29, 0.717) is 33.4 Å². The van der Waals surface area contributed by atoms with Gasteiger partial charge < -0.3 is 0 Å². The molecule has 1 aliphatic rings. The van der Waals surface area contributed by atoms with Crippen LogP contribution < -0.4 is 0 Å². The first-order valence-electron chi connectivity index (χ1n) is 10.3. The van der Waals surface area contributed by atoms with Crippen molar-refractivity contribution in [3.63, 3.8) is 0 Å². The third kappa shape index (κ3) is 3.28. The predicted molar refractivity (Wildman–Crippen MR) is 124 cm³/mol. The van der Waals surface area contributed by atoms with Crippen molar-refractivity contribution in [3.8, 4) is 0 Å². The maximum Gasteiger partial charge on any atom is 0.195 e. The highest BCUT2D eigenvalue weighted by molar-refractivity contribution is 6.59. The van der Waals surface area contributed by atoms with Crippen molar-refractivity contribution in [3.05, 3.63) is 143 Å². The van der Waals surface area contributed by atoms with Crippen LogP contribution in [0.4, 0.5) is 8.78 Å². The zero-order valence-corrected chi connectivity index (χ0v) is 17.1. The highest BCUT2D eigenvalue weighted by atomic mass is 19.1. The fourth-order valence-electron chi connectivity index (χ4n) is 4.23. The second-order valence-corrected chi connectivity index (χ2v) is 7.52. The summed E-state index contributed by atoms with van der Waals surface area (Å²) in [5.74, 6) is -1.18. The molecule has 0 unspecified atom stereocenters. The van der Waals surface area contributed by atoms with Crippen molar-refractivity contribution in [1.82, 2.24) is 0 Å². The molecule has 0 amide bonds. The number of ketones is 1. The van der Waals surface area contributed by atoms with Gasteiger partial charge in [-0.25, -0.2) is 8.78 Å². The van der Waals surface area contributed by atoms with E-state index >= 15 is 8.78 Å². The Balaban J connectivity index is 1.93. The van der Waals surface area contributed by atoms with Crippen molar-refractivity contribution in [2.45, 2.75) is 0 Å². The van der Waals surface area contributed by atoms with E-state index in [4.69, 9.17) is 0 Å². The highest BCUT2D eigenvalue weighted by Gasteiger charge is 2.37. The number of halogens is 2. The predicted octanol–water partition coefficient (Wildman–Crippen LogP) is 7.07. The third-order valence-electron chi connectivity index (χ3n) is 5.62. The Kier molecular flexibility index (Phi) is 5.08. The molecule has 154 valence electrons. The van der Waals surface area contributed by atoms with Gasteiger partial charge in [-0.15, -0.1) is 0 Å². The van der Waals surface area contributed by atoms with Crippen LogP contribution in [-0.4, -0.2) is 5.78 Å². The minimum atomic E-state index is -0.466. The Morgan fingerprint density at radius 3 is 1.12 bits per heavy atom. The molecule has 32 heavy (non-hydrogen) atoms. The van der Waals surface area contributed by atoms with E-state index in [9.17, 15) is 4.79 Å². The van der Waals surface area contributed by atoms with Crippen LogP contribution in [-0.2, 0) is 4.79 Å². The molecule has 1 aliphatic carbocycles. The highest BCUT2D eigenvalue weighted by Crippen LogP contribution is 2.50. The average molecular weight is 420 g/mol. The van der Waals surface area contributed by atoms with Gasteiger partial charge in [0.15, 0.2) is 5.78 Å². The molecule has 0 atom stereocenters. The van der Waals surface area contributed by atoms with Gasteiger partial charge >= 0.3 is 0 Å². The quantitative estimate of drug-likeness (QED) is 0.345. The maximum atomic E-state index is 15.1. The Labute approximate surface area is 185 Å². The van der Waals surface area contributed by atoms with Gasteiger partial charge in [-0.2, -0.15) is 0 Å². The van der Waals surface area contributed by atoms with Gasteiger partial charge in [0.05, 0.1) is 0 Å². The lowest BCUT2D eigenvalue weighted by Crippen LogP contribution is -2.02. The lowest BCUT2D eigenvalue weighted by Gasteiger charge is -2.14. The smallest absolute Gasteiger partial charge is 0.195 e. The van der Waals surface area contributed by atoms with Crippen LogP contribution in [0, 0.1) is 11.6 Å². The molecule has 4 aromatic carbocycles. The molecule has 5 rings (SSSR count). The summed E-state index contributed by atoms with van der Waals surface area (Å²) in [5.41, 5.74) is 3.41. The minimum absolute atomic E-state index is 0.251. The summed E-state index contributed by atoms with van der Waals surface area (Å²) >= 11 is 0. The summed E-state index contributed by atoms with van der Waals surface area (Å²) in [6.07, 6.45) is 0. The second kappa shape index (κ2) is 8.20. The van der Waals surface area contributed by atoms with Crippen LogP contribution in [0.25, 0.3) is 22.3 Å². The number of rotatable bonds is 4. The van der Waals surface area contributed by atoms with Crippen LogP contribution in [0.1, 0.15) is 22.3 Å². The lowest BCUT2D eigenvalue weighted by molar-refractivity contribution is -0.108. The molecule has 0 N–H and O–H groups in total. The molecule has 0 fully saturated rings. The van der Waals surface area contributed by atoms with E-state index in [1.165, 1.54) is 12.1 Å². The van der Waals surface area contributed by atoms with Crippen LogP contribution in [0.15, 0.2) is 109 Å². The van der Waals surface area contributed by atoms with Gasteiger partial charge in [0.2, 0.25) is 0 Å². The van der Waals surface area contributed by atoms with Crippen LogP contribution >= 0.6 is 0 Å². The first kappa shape index (κ1) is 19.8. The fraction of sp³-hybridized carbons (Fsp3) is 0. The number of benzene rings is 4. The van der Waals surface area contributed by atoms with Gasteiger partial charge in [0.25, 0.3) is 0 Å². The number of hydrogen-bond acceptors (Lipinski definition) is 1. The van der Waals surface area contributed by atoms with Crippen molar-refractivity contribution >= 4 is 28.1 Å². The standard InChI is InChI=1S/C29H18F2O/c30-23-17-9-7-15-21(23)27-25(19-11-3-1-4-12-19)29(32)26(20-13-5-2-6-14-20)28(27)22-16-8-10-18-24(22)31/h1-18H. The topological polar surface area (TPSA) is 17.1 Å². The number of carbonyl (C=O) groups excluding carboxylic acids is 1. The van der Waals surface area contributed by atoms with Crippen LogP contribution in [0.5, 0.6) is 0 Å². The average Bonchev–Trinajstić information content (AvgIpc) is 3.13. The zero-order chi connectivity index (χ0) is 22.1. The fourth-order valence-corrected chi connectivity index (χ4v) is 4.23. The maximum absolute atomic E-state index is 15.1. The summed E-state index contributed by atoms with van der Waals surface area (Å²) in [5, 5.41) is 0. The van der Waals surface area contributed by atoms with E-state index in [0.717, 1.165) is 0 Å². The Bertz CT molecular complexity index is 1280. The van der Waals surface area contributed by atoms with E-state index in [1.54, 1.807) is 36.4 Å². The number of carbonyl (C=O) groups is 1. The first-order chi connectivity index (χ1) is 15.7. The molecule has 0 heterocycles. The second-order valence-electron chi connectivity index (χ2n) is 7.52. The van der Waals surface area contributed by atoms with Crippen LogP contribution in [0.2, 0.25) is 0 Å². The molecule has 0 spiro atoms. The SMILES string of the molecule is O=C1C(c2ccccc2)=C(c2ccccc2F)C(c2ccccc2F)=C1c1ccccc1. The van der Waals surface area contributed by atoms with Gasteiger partial charge in [-0.05, 0) is 23.3 Å². The molecule has 0 aromatic heterocycles. The monoisotopic (exact) mass is 420 g/mol. The Hall–Kier alpha value is -4.11. The number of allylic oxidation sites excluding steroid dienone is 4. The van der Waals surface area contributed by atoms with E-state index in [-0.39, 0.29) is 16.9 Å². The molecule has 4 aromatic rings. The van der Waals surface area contributed by atoms with Crippen molar-refractivity contribution in [2.75, 3.05) is 0 Å². The van der Waals surface area contributed by atoms with Gasteiger partial charge in [0.1, 0.15) is 11.6 Å². The van der Waals surface area contributed by atoms with E-state index < -0.39 is 11.6 Å². The number of hydrogen-bond donors (Lipinski definition) is 0. The molecule has 0 saturated heterocycles. The van der Waals surface area contributed by atoms with Gasteiger partial charge in [0, 0.05) is 33.4 Å². The van der Waals surface area contributed by atoms with Crippen LogP contribution in [0.3, 0.4) is 0 Å². The third-order valence-corrected chi connectivity index (χ3v) is 5.62. The summed E-state index contributed by atoms with van der Waals surface area (Å²) < 4.78 is 30.2. The molecule has 0 aliphatic heterocycles. The summed E-state index contributed by atoms with van der Waals surface area (Å²) in [4.78, 5) is 13.9. The lowest BCUT2D eigenvalue weighted by atomic mass is 9.88. The molecule has 0 saturated carbocycles. The molecule has 0 bridgehead atoms. The van der Waals surface area contributed by atoms with E-state index in [2.05, 4.69) is 0 Å². The van der Waals surface area contributed by atoms with E-state index in [1.807, 2.05) is 60.7 Å². The Morgan fingerprint density at radius 1 is 0.406 bits per heavy atom. The molecular weight excluding hydrogens is 402 g/mol. The zero-order valence-electron chi connectivity index (χ0n) is 17.1. The van der Waals surface area contributed by atoms with Crippen molar-refractivity contribution < 1.29 is 13.6 Å². The molecular formula is C29H18F2O. The minimum Gasteiger partial charge on any atom is -0.289 e.